The molecule has 0 bridgehead atoms. The molecule has 15 rings (SSSR count). The minimum Gasteiger partial charge on any atom is -0.456 e. The predicted octanol–water partition coefficient (Wildman–Crippen LogP) is 17.0. The van der Waals surface area contributed by atoms with E-state index < -0.39 is 0 Å². The van der Waals surface area contributed by atoms with Crippen LogP contribution in [0.1, 0.15) is 12.5 Å². The van der Waals surface area contributed by atoms with Gasteiger partial charge in [0.15, 0.2) is 0 Å². The van der Waals surface area contributed by atoms with Crippen LogP contribution >= 0.6 is 0 Å². The Bertz CT molecular complexity index is 4390. The molecule has 5 heterocycles. The molecule has 0 aliphatic heterocycles. The summed E-state index contributed by atoms with van der Waals surface area (Å²) in [6.07, 6.45) is 9.83. The van der Waals surface area contributed by atoms with E-state index >= 15 is 0 Å². The van der Waals surface area contributed by atoms with Crippen molar-refractivity contribution in [3.63, 3.8) is 0 Å². The van der Waals surface area contributed by atoms with E-state index in [1.807, 2.05) is 24.3 Å². The summed E-state index contributed by atoms with van der Waals surface area (Å²) < 4.78 is 24.3. The summed E-state index contributed by atoms with van der Waals surface area (Å²) in [7, 11) is 0. The van der Waals surface area contributed by atoms with Crippen LogP contribution in [0.15, 0.2) is 213 Å². The van der Waals surface area contributed by atoms with Gasteiger partial charge in [-0.25, -0.2) is 0 Å². The van der Waals surface area contributed by atoms with Gasteiger partial charge in [0.2, 0.25) is 0 Å². The molecule has 0 fully saturated rings. The van der Waals surface area contributed by atoms with E-state index in [2.05, 4.69) is 185 Å². The number of nitrogens with zero attached hydrogens (tertiary/aromatic N) is 2. The Hall–Kier alpha value is -8.54. The minimum absolute atomic E-state index is 0.207. The van der Waals surface area contributed by atoms with Crippen LogP contribution in [0, 0.1) is 0 Å². The number of para-hydroxylation sites is 4. The molecule has 5 nitrogen and oxygen atoms in total. The summed E-state index contributed by atoms with van der Waals surface area (Å²) in [5, 5.41) is 11.6. The van der Waals surface area contributed by atoms with E-state index in [-0.39, 0.29) is 6.04 Å². The topological polar surface area (TPSA) is 49.3 Å². The van der Waals surface area contributed by atoms with Crippen molar-refractivity contribution in [3.05, 3.63) is 200 Å². The Kier molecular flexibility index (Phi) is 7.00. The van der Waals surface area contributed by atoms with Crippen LogP contribution in [-0.4, -0.2) is 9.13 Å². The summed E-state index contributed by atoms with van der Waals surface area (Å²) in [5.74, 6) is 0. The standard InChI is InChI=1S/C60H36N2O3/c1-2-11-38(12-3-1)61-51-27-23-36(29-45(51)47-31-49-42-14-5-7-18-55(42)63-58(49)33-53(47)61)37-24-28-52-46(30-37)48-32-50-43-15-6-8-19-56(43)64-59(50)34-54(48)62(52)39-25-21-35(22-26-39)40-16-10-17-44-41-13-4-9-20-57(41)65-60(40)44/h1-11,13-34,38H,12H2. The van der Waals surface area contributed by atoms with Crippen molar-refractivity contribution in [3.8, 4) is 27.9 Å². The third-order valence-electron chi connectivity index (χ3n) is 14.0. The molecule has 5 aromatic heterocycles. The molecule has 14 aromatic rings. The average Bonchev–Trinajstić information content (AvgIpc) is 4.17. The van der Waals surface area contributed by atoms with Crippen LogP contribution in [-0.2, 0) is 0 Å². The Labute approximate surface area is 370 Å². The van der Waals surface area contributed by atoms with Crippen LogP contribution in [0.5, 0.6) is 0 Å². The van der Waals surface area contributed by atoms with E-state index in [1.54, 1.807) is 0 Å². The van der Waals surface area contributed by atoms with Gasteiger partial charge in [0.25, 0.3) is 0 Å². The Morgan fingerprint density at radius 1 is 0.369 bits per heavy atom. The van der Waals surface area contributed by atoms with Gasteiger partial charge in [-0.1, -0.05) is 121 Å². The Balaban J connectivity index is 0.929. The van der Waals surface area contributed by atoms with Gasteiger partial charge < -0.3 is 22.4 Å². The number of hydrogen-bond acceptors (Lipinski definition) is 3. The van der Waals surface area contributed by atoms with Crippen molar-refractivity contribution < 1.29 is 13.3 Å². The fraction of sp³-hybridized carbons (Fsp3) is 0.0333. The lowest BCUT2D eigenvalue weighted by molar-refractivity contribution is 0.645. The molecule has 0 spiro atoms. The van der Waals surface area contributed by atoms with Crippen molar-refractivity contribution >= 4 is 109 Å². The second kappa shape index (κ2) is 13.0. The highest BCUT2D eigenvalue weighted by atomic mass is 16.3. The molecule has 0 saturated carbocycles. The van der Waals surface area contributed by atoms with Crippen molar-refractivity contribution in [1.29, 1.82) is 0 Å². The fourth-order valence-corrected chi connectivity index (χ4v) is 11.0. The minimum atomic E-state index is 0.207. The molecular weight excluding hydrogens is 797 g/mol. The first-order chi connectivity index (χ1) is 32.2. The van der Waals surface area contributed by atoms with E-state index in [4.69, 9.17) is 13.3 Å². The molecule has 1 aliphatic carbocycles. The molecule has 1 aliphatic rings. The van der Waals surface area contributed by atoms with Gasteiger partial charge in [0, 0.05) is 82.8 Å². The number of fused-ring (bicyclic) bond motifs is 15. The molecule has 1 unspecified atom stereocenters. The smallest absolute Gasteiger partial charge is 0.143 e. The average molecular weight is 833 g/mol. The summed E-state index contributed by atoms with van der Waals surface area (Å²) in [5.41, 5.74) is 15.7. The number of rotatable bonds is 4. The molecule has 0 radical (unpaired) electrons. The molecule has 0 N–H and O–H groups in total. The molecule has 0 saturated heterocycles. The summed E-state index contributed by atoms with van der Waals surface area (Å²) in [6, 6.07) is 63.6. The molecule has 9 aromatic carbocycles. The normalized spacial score (nSPS) is 14.4. The zero-order chi connectivity index (χ0) is 42.3. The summed E-state index contributed by atoms with van der Waals surface area (Å²) >= 11 is 0. The number of hydrogen-bond donors (Lipinski definition) is 0. The number of allylic oxidation sites excluding steroid dienone is 4. The number of benzene rings is 9. The lowest BCUT2D eigenvalue weighted by Gasteiger charge is -2.18. The van der Waals surface area contributed by atoms with E-state index in [0.717, 1.165) is 100 Å². The molecule has 65 heavy (non-hydrogen) atoms. The lowest BCUT2D eigenvalue weighted by atomic mass is 9.99. The van der Waals surface area contributed by atoms with Crippen LogP contribution in [0.2, 0.25) is 0 Å². The van der Waals surface area contributed by atoms with Gasteiger partial charge in [0.1, 0.15) is 33.5 Å². The highest BCUT2D eigenvalue weighted by molar-refractivity contribution is 6.20. The molecule has 0 amide bonds. The van der Waals surface area contributed by atoms with Gasteiger partial charge >= 0.3 is 0 Å². The Morgan fingerprint density at radius 2 is 0.923 bits per heavy atom. The van der Waals surface area contributed by atoms with E-state index in [9.17, 15) is 0 Å². The van der Waals surface area contributed by atoms with Gasteiger partial charge in [-0.15, -0.1) is 0 Å². The zero-order valence-corrected chi connectivity index (χ0v) is 35.0. The summed E-state index contributed by atoms with van der Waals surface area (Å²) in [4.78, 5) is 0. The van der Waals surface area contributed by atoms with Crippen molar-refractivity contribution in [1.82, 2.24) is 9.13 Å². The van der Waals surface area contributed by atoms with Crippen molar-refractivity contribution in [2.24, 2.45) is 0 Å². The maximum atomic E-state index is 6.51. The Morgan fingerprint density at radius 3 is 1.60 bits per heavy atom. The van der Waals surface area contributed by atoms with Gasteiger partial charge in [-0.3, -0.25) is 0 Å². The molecule has 304 valence electrons. The maximum Gasteiger partial charge on any atom is 0.143 e. The summed E-state index contributed by atoms with van der Waals surface area (Å²) in [6.45, 7) is 0. The number of aromatic nitrogens is 2. The molecule has 1 atom stereocenters. The van der Waals surface area contributed by atoms with Crippen LogP contribution < -0.4 is 0 Å². The van der Waals surface area contributed by atoms with Crippen molar-refractivity contribution in [2.45, 2.75) is 12.5 Å². The first kappa shape index (κ1) is 35.0. The molecule has 5 heteroatoms. The third kappa shape index (κ3) is 4.98. The second-order valence-corrected chi connectivity index (χ2v) is 17.5. The first-order valence-corrected chi connectivity index (χ1v) is 22.3. The predicted molar refractivity (Wildman–Crippen MR) is 268 cm³/mol. The quantitative estimate of drug-likeness (QED) is 0.177. The maximum absolute atomic E-state index is 6.51. The van der Waals surface area contributed by atoms with Crippen molar-refractivity contribution in [2.75, 3.05) is 0 Å². The fourth-order valence-electron chi connectivity index (χ4n) is 11.0. The highest BCUT2D eigenvalue weighted by Gasteiger charge is 2.22. The van der Waals surface area contributed by atoms with Gasteiger partial charge in [-0.2, -0.15) is 0 Å². The van der Waals surface area contributed by atoms with Gasteiger partial charge in [-0.05, 0) is 89.8 Å². The van der Waals surface area contributed by atoms with Crippen LogP contribution in [0.4, 0.5) is 0 Å². The monoisotopic (exact) mass is 832 g/mol. The second-order valence-electron chi connectivity index (χ2n) is 17.5. The molecular formula is C60H36N2O3. The lowest BCUT2D eigenvalue weighted by Crippen LogP contribution is -2.06. The van der Waals surface area contributed by atoms with E-state index in [0.29, 0.717) is 0 Å². The third-order valence-corrected chi connectivity index (χ3v) is 14.0. The van der Waals surface area contributed by atoms with Crippen LogP contribution in [0.3, 0.4) is 0 Å². The van der Waals surface area contributed by atoms with Crippen LogP contribution in [0.25, 0.3) is 137 Å². The first-order valence-electron chi connectivity index (χ1n) is 22.3. The zero-order valence-electron chi connectivity index (χ0n) is 35.0. The highest BCUT2D eigenvalue weighted by Crippen LogP contribution is 2.44. The SMILES string of the molecule is C1=CCC(n2c3ccc(-c4ccc5c(c4)c4cc6c(cc4n5-c4ccc(-c5cccc7c5oc5ccccc57)cc4)oc4ccccc46)cc3c3cc4c(cc32)oc2ccccc24)C=C1. The van der Waals surface area contributed by atoms with E-state index in [1.165, 1.54) is 43.7 Å². The number of furan rings is 3. The van der Waals surface area contributed by atoms with Gasteiger partial charge in [0.05, 0.1) is 22.6 Å². The largest absolute Gasteiger partial charge is 0.456 e.